The highest BCUT2D eigenvalue weighted by molar-refractivity contribution is 4.68. The fourth-order valence-corrected chi connectivity index (χ4v) is 0.996. The first-order chi connectivity index (χ1) is 6.35. The molecule has 78 valence electrons. The Morgan fingerprint density at radius 1 is 1.54 bits per heavy atom. The van der Waals surface area contributed by atoms with Gasteiger partial charge in [0.1, 0.15) is 0 Å². The highest BCUT2D eigenvalue weighted by atomic mass is 16.5. The van der Waals surface area contributed by atoms with Crippen LogP contribution < -0.4 is 5.32 Å². The highest BCUT2D eigenvalue weighted by Crippen LogP contribution is 1.91. The van der Waals surface area contributed by atoms with Crippen LogP contribution in [-0.4, -0.2) is 39.5 Å². The summed E-state index contributed by atoms with van der Waals surface area (Å²) in [5.41, 5.74) is 0. The number of nitrogens with one attached hydrogen (secondary N) is 1. The second-order valence-corrected chi connectivity index (χ2v) is 2.90. The van der Waals surface area contributed by atoms with Gasteiger partial charge in [0.15, 0.2) is 0 Å². The van der Waals surface area contributed by atoms with Crippen molar-refractivity contribution in [2.45, 2.75) is 19.4 Å². The first-order valence-electron chi connectivity index (χ1n) is 4.77. The van der Waals surface area contributed by atoms with Gasteiger partial charge in [0.25, 0.3) is 0 Å². The minimum atomic E-state index is 0.134. The van der Waals surface area contributed by atoms with Crippen LogP contribution in [0.1, 0.15) is 13.3 Å². The third-order valence-electron chi connectivity index (χ3n) is 1.60. The van der Waals surface area contributed by atoms with E-state index < -0.39 is 0 Å². The van der Waals surface area contributed by atoms with E-state index >= 15 is 0 Å². The normalized spacial score (nSPS) is 12.8. The van der Waals surface area contributed by atoms with Crippen LogP contribution in [0.3, 0.4) is 0 Å². The Labute approximate surface area is 81.1 Å². The topological polar surface area (TPSA) is 30.5 Å². The fourth-order valence-electron chi connectivity index (χ4n) is 0.996. The predicted molar refractivity (Wildman–Crippen MR) is 55.0 cm³/mol. The lowest BCUT2D eigenvalue weighted by Crippen LogP contribution is -2.33. The van der Waals surface area contributed by atoms with Gasteiger partial charge >= 0.3 is 0 Å². The Morgan fingerprint density at radius 2 is 2.31 bits per heavy atom. The van der Waals surface area contributed by atoms with Crippen molar-refractivity contribution in [3.05, 3.63) is 12.7 Å². The van der Waals surface area contributed by atoms with E-state index in [1.54, 1.807) is 13.2 Å². The molecule has 0 saturated carbocycles. The van der Waals surface area contributed by atoms with E-state index in [1.165, 1.54) is 0 Å². The molecular formula is C10H21NO2. The summed E-state index contributed by atoms with van der Waals surface area (Å²) in [4.78, 5) is 0. The van der Waals surface area contributed by atoms with Gasteiger partial charge < -0.3 is 14.8 Å². The maximum atomic E-state index is 5.47. The van der Waals surface area contributed by atoms with E-state index in [-0.39, 0.29) is 6.10 Å². The van der Waals surface area contributed by atoms with E-state index in [0.29, 0.717) is 13.2 Å². The monoisotopic (exact) mass is 187 g/mol. The average molecular weight is 187 g/mol. The molecule has 0 radical (unpaired) electrons. The van der Waals surface area contributed by atoms with Crippen LogP contribution in [0, 0.1) is 0 Å². The molecule has 0 aromatic heterocycles. The largest absolute Gasteiger partial charge is 0.382 e. The van der Waals surface area contributed by atoms with E-state index in [9.17, 15) is 0 Å². The van der Waals surface area contributed by atoms with Gasteiger partial charge in [-0.3, -0.25) is 0 Å². The maximum absolute atomic E-state index is 5.47. The summed E-state index contributed by atoms with van der Waals surface area (Å²) in [6, 6.07) is 0. The van der Waals surface area contributed by atoms with Crippen molar-refractivity contribution in [1.29, 1.82) is 0 Å². The molecule has 1 atom stereocenters. The molecule has 1 N–H and O–H groups in total. The molecule has 3 nitrogen and oxygen atoms in total. The molecule has 0 aromatic rings. The lowest BCUT2D eigenvalue weighted by molar-refractivity contribution is 0.0122. The first-order valence-corrected chi connectivity index (χ1v) is 4.77. The minimum Gasteiger partial charge on any atom is -0.382 e. The second kappa shape index (κ2) is 9.71. The Bertz CT molecular complexity index is 117. The number of hydrogen-bond donors (Lipinski definition) is 1. The van der Waals surface area contributed by atoms with Crippen molar-refractivity contribution in [3.63, 3.8) is 0 Å². The SMILES string of the molecule is C=CCOC(CNCCC)COC. The van der Waals surface area contributed by atoms with Crippen molar-refractivity contribution < 1.29 is 9.47 Å². The zero-order valence-electron chi connectivity index (χ0n) is 8.71. The average Bonchev–Trinajstić information content (AvgIpc) is 2.14. The zero-order chi connectivity index (χ0) is 9.94. The summed E-state index contributed by atoms with van der Waals surface area (Å²) in [5.74, 6) is 0. The molecule has 0 aliphatic heterocycles. The van der Waals surface area contributed by atoms with Crippen LogP contribution in [-0.2, 0) is 9.47 Å². The van der Waals surface area contributed by atoms with Gasteiger partial charge in [0.2, 0.25) is 0 Å². The van der Waals surface area contributed by atoms with Crippen LogP contribution in [0.5, 0.6) is 0 Å². The van der Waals surface area contributed by atoms with E-state index in [0.717, 1.165) is 19.5 Å². The second-order valence-electron chi connectivity index (χ2n) is 2.90. The Balaban J connectivity index is 3.46. The third kappa shape index (κ3) is 7.96. The van der Waals surface area contributed by atoms with Crippen LogP contribution in [0.4, 0.5) is 0 Å². The standard InChI is InChI=1S/C10H21NO2/c1-4-6-11-8-10(9-12-3)13-7-5-2/h5,10-11H,2,4,6-9H2,1,3H3. The number of ether oxygens (including phenoxy) is 2. The fraction of sp³-hybridized carbons (Fsp3) is 0.800. The van der Waals surface area contributed by atoms with E-state index in [4.69, 9.17) is 9.47 Å². The molecule has 0 bridgehead atoms. The molecule has 0 aliphatic carbocycles. The molecule has 0 saturated heterocycles. The predicted octanol–water partition coefficient (Wildman–Crippen LogP) is 1.20. The highest BCUT2D eigenvalue weighted by Gasteiger charge is 2.06. The number of methoxy groups -OCH3 is 1. The van der Waals surface area contributed by atoms with Crippen LogP contribution in [0.25, 0.3) is 0 Å². The van der Waals surface area contributed by atoms with Gasteiger partial charge in [-0.2, -0.15) is 0 Å². The summed E-state index contributed by atoms with van der Waals surface area (Å²) in [6.45, 7) is 8.83. The Morgan fingerprint density at radius 3 is 2.85 bits per heavy atom. The summed E-state index contributed by atoms with van der Waals surface area (Å²) in [7, 11) is 1.68. The van der Waals surface area contributed by atoms with Crippen molar-refractivity contribution in [3.8, 4) is 0 Å². The molecule has 0 fully saturated rings. The molecule has 0 amide bonds. The van der Waals surface area contributed by atoms with Crippen LogP contribution >= 0.6 is 0 Å². The van der Waals surface area contributed by atoms with Gasteiger partial charge in [-0.1, -0.05) is 13.0 Å². The smallest absolute Gasteiger partial charge is 0.0936 e. The van der Waals surface area contributed by atoms with E-state index in [2.05, 4.69) is 18.8 Å². The van der Waals surface area contributed by atoms with Gasteiger partial charge in [0.05, 0.1) is 19.3 Å². The molecule has 0 aliphatic rings. The van der Waals surface area contributed by atoms with Gasteiger partial charge in [-0.15, -0.1) is 6.58 Å². The molecule has 13 heavy (non-hydrogen) atoms. The van der Waals surface area contributed by atoms with Gasteiger partial charge in [0, 0.05) is 13.7 Å². The van der Waals surface area contributed by atoms with Crippen molar-refractivity contribution in [1.82, 2.24) is 5.32 Å². The lowest BCUT2D eigenvalue weighted by Gasteiger charge is -2.16. The van der Waals surface area contributed by atoms with Crippen LogP contribution in [0.2, 0.25) is 0 Å². The van der Waals surface area contributed by atoms with Crippen molar-refractivity contribution in [2.24, 2.45) is 0 Å². The minimum absolute atomic E-state index is 0.134. The quantitative estimate of drug-likeness (QED) is 0.434. The maximum Gasteiger partial charge on any atom is 0.0936 e. The Hall–Kier alpha value is -0.380. The summed E-state index contributed by atoms with van der Waals surface area (Å²) in [6.07, 6.45) is 3.03. The molecule has 0 heterocycles. The molecule has 3 heteroatoms. The number of rotatable bonds is 9. The summed E-state index contributed by atoms with van der Waals surface area (Å²) in [5, 5.41) is 3.29. The molecule has 0 aromatic carbocycles. The lowest BCUT2D eigenvalue weighted by atomic mass is 10.3. The third-order valence-corrected chi connectivity index (χ3v) is 1.60. The van der Waals surface area contributed by atoms with Crippen molar-refractivity contribution >= 4 is 0 Å². The molecule has 0 rings (SSSR count). The van der Waals surface area contributed by atoms with Crippen molar-refractivity contribution in [2.75, 3.05) is 33.4 Å². The summed E-state index contributed by atoms with van der Waals surface area (Å²) < 4.78 is 10.5. The summed E-state index contributed by atoms with van der Waals surface area (Å²) >= 11 is 0. The first kappa shape index (κ1) is 12.6. The van der Waals surface area contributed by atoms with Gasteiger partial charge in [-0.25, -0.2) is 0 Å². The molecular weight excluding hydrogens is 166 g/mol. The number of hydrogen-bond acceptors (Lipinski definition) is 3. The zero-order valence-corrected chi connectivity index (χ0v) is 8.71. The molecule has 0 spiro atoms. The Kier molecular flexibility index (Phi) is 9.42. The van der Waals surface area contributed by atoms with Crippen LogP contribution in [0.15, 0.2) is 12.7 Å². The van der Waals surface area contributed by atoms with Gasteiger partial charge in [-0.05, 0) is 13.0 Å². The van der Waals surface area contributed by atoms with E-state index in [1.807, 2.05) is 0 Å². The molecule has 1 unspecified atom stereocenters.